The van der Waals surface area contributed by atoms with Crippen LogP contribution in [0.15, 0.2) is 42.5 Å². The van der Waals surface area contributed by atoms with E-state index in [9.17, 15) is 4.39 Å². The molecule has 0 fully saturated rings. The summed E-state index contributed by atoms with van der Waals surface area (Å²) in [5, 5.41) is 1.09. The molecule has 3 aromatic rings. The summed E-state index contributed by atoms with van der Waals surface area (Å²) in [5.74, 6) is -0.184. The minimum absolute atomic E-state index is 0.129. The Morgan fingerprint density at radius 2 is 1.90 bits per heavy atom. The molecular weight excluding hydrogens is 351 g/mol. The predicted molar refractivity (Wildman–Crippen MR) is 87.5 cm³/mol. The molecule has 1 unspecified atom stereocenters. The van der Waals surface area contributed by atoms with Gasteiger partial charge in [-0.05, 0) is 40.3 Å². The molecule has 1 atom stereocenters. The molecule has 1 nitrogen and oxygen atoms in total. The van der Waals surface area contributed by atoms with E-state index in [-0.39, 0.29) is 10.6 Å². The number of ether oxygens (including phenoxy) is 1. The predicted octanol–water partition coefficient (Wildman–Crippen LogP) is 5.55. The van der Waals surface area contributed by atoms with Gasteiger partial charge in [-0.2, -0.15) is 0 Å². The van der Waals surface area contributed by atoms with Crippen LogP contribution in [0, 0.1) is 5.82 Å². The highest BCUT2D eigenvalue weighted by molar-refractivity contribution is 9.09. The number of benzene rings is 2. The third-order valence-corrected chi connectivity index (χ3v) is 6.28. The lowest BCUT2D eigenvalue weighted by Crippen LogP contribution is -1.92. The van der Waals surface area contributed by atoms with Gasteiger partial charge in [-0.15, -0.1) is 11.3 Å². The van der Waals surface area contributed by atoms with E-state index in [0.29, 0.717) is 13.2 Å². The largest absolute Gasteiger partial charge is 0.372 e. The zero-order valence-electron chi connectivity index (χ0n) is 11.1. The van der Waals surface area contributed by atoms with Crippen molar-refractivity contribution in [2.24, 2.45) is 0 Å². The maximum absolute atomic E-state index is 13.3. The standard InChI is InChI=1S/C17H12BrFOS/c18-17(11-1-2-12-8-20-9-13(12)5-11)16-6-10-3-4-14(19)7-15(10)21-16/h1-7,17H,8-9H2. The average molecular weight is 363 g/mol. The van der Waals surface area contributed by atoms with Gasteiger partial charge >= 0.3 is 0 Å². The summed E-state index contributed by atoms with van der Waals surface area (Å²) in [5.41, 5.74) is 3.76. The van der Waals surface area contributed by atoms with Crippen LogP contribution < -0.4 is 0 Å². The lowest BCUT2D eigenvalue weighted by atomic mass is 10.0. The van der Waals surface area contributed by atoms with Crippen molar-refractivity contribution in [2.45, 2.75) is 18.0 Å². The first-order valence-electron chi connectivity index (χ1n) is 6.73. The Morgan fingerprint density at radius 3 is 2.81 bits per heavy atom. The van der Waals surface area contributed by atoms with Crippen molar-refractivity contribution in [3.8, 4) is 0 Å². The molecule has 1 aliphatic heterocycles. The van der Waals surface area contributed by atoms with E-state index in [1.54, 1.807) is 17.4 Å². The third-order valence-electron chi connectivity index (χ3n) is 3.79. The minimum atomic E-state index is -0.184. The Morgan fingerprint density at radius 1 is 1.05 bits per heavy atom. The summed E-state index contributed by atoms with van der Waals surface area (Å²) < 4.78 is 19.7. The van der Waals surface area contributed by atoms with E-state index in [1.807, 2.05) is 6.07 Å². The molecule has 0 saturated carbocycles. The maximum atomic E-state index is 13.3. The van der Waals surface area contributed by atoms with Crippen LogP contribution in [0.4, 0.5) is 4.39 Å². The summed E-state index contributed by atoms with van der Waals surface area (Å²) in [6, 6.07) is 13.5. The van der Waals surface area contributed by atoms with Crippen molar-refractivity contribution in [2.75, 3.05) is 0 Å². The topological polar surface area (TPSA) is 9.23 Å². The number of hydrogen-bond acceptors (Lipinski definition) is 2. The molecule has 2 aromatic carbocycles. The second-order valence-electron chi connectivity index (χ2n) is 5.21. The van der Waals surface area contributed by atoms with Gasteiger partial charge in [0.1, 0.15) is 5.82 Å². The second-order valence-corrected chi connectivity index (χ2v) is 7.25. The van der Waals surface area contributed by atoms with Gasteiger partial charge in [-0.3, -0.25) is 0 Å². The summed E-state index contributed by atoms with van der Waals surface area (Å²) >= 11 is 5.40. The van der Waals surface area contributed by atoms with Gasteiger partial charge in [0, 0.05) is 9.58 Å². The molecule has 106 valence electrons. The average Bonchev–Trinajstić information content (AvgIpc) is 3.11. The molecule has 0 radical (unpaired) electrons. The molecule has 2 heterocycles. The molecule has 0 amide bonds. The lowest BCUT2D eigenvalue weighted by molar-refractivity contribution is 0.134. The molecule has 0 saturated heterocycles. The van der Waals surface area contributed by atoms with Gasteiger partial charge in [0.25, 0.3) is 0 Å². The van der Waals surface area contributed by atoms with Crippen molar-refractivity contribution >= 4 is 37.4 Å². The highest BCUT2D eigenvalue weighted by atomic mass is 79.9. The molecule has 4 heteroatoms. The van der Waals surface area contributed by atoms with Gasteiger partial charge in [0.15, 0.2) is 0 Å². The first-order chi connectivity index (χ1) is 10.2. The third kappa shape index (κ3) is 2.41. The normalized spacial score (nSPS) is 15.3. The summed E-state index contributed by atoms with van der Waals surface area (Å²) in [7, 11) is 0. The first-order valence-corrected chi connectivity index (χ1v) is 8.46. The van der Waals surface area contributed by atoms with Crippen LogP contribution in [0.1, 0.15) is 26.4 Å². The van der Waals surface area contributed by atoms with E-state index in [1.165, 1.54) is 27.6 Å². The smallest absolute Gasteiger partial charge is 0.124 e. The Hall–Kier alpha value is -1.23. The molecule has 0 bridgehead atoms. The van der Waals surface area contributed by atoms with Gasteiger partial charge in [-0.25, -0.2) is 4.39 Å². The van der Waals surface area contributed by atoms with E-state index in [2.05, 4.69) is 40.2 Å². The Kier molecular flexibility index (Phi) is 3.32. The van der Waals surface area contributed by atoms with Crippen molar-refractivity contribution in [3.05, 3.63) is 69.8 Å². The molecule has 4 rings (SSSR count). The van der Waals surface area contributed by atoms with E-state index in [0.717, 1.165) is 10.1 Å². The summed E-state index contributed by atoms with van der Waals surface area (Å²) in [6.45, 7) is 1.41. The van der Waals surface area contributed by atoms with Gasteiger partial charge in [-0.1, -0.05) is 40.2 Å². The number of fused-ring (bicyclic) bond motifs is 2. The van der Waals surface area contributed by atoms with E-state index >= 15 is 0 Å². The van der Waals surface area contributed by atoms with Crippen molar-refractivity contribution < 1.29 is 9.13 Å². The maximum Gasteiger partial charge on any atom is 0.124 e. The van der Waals surface area contributed by atoms with Gasteiger partial charge in [0.2, 0.25) is 0 Å². The minimum Gasteiger partial charge on any atom is -0.372 e. The highest BCUT2D eigenvalue weighted by Crippen LogP contribution is 2.39. The van der Waals surface area contributed by atoms with Crippen molar-refractivity contribution in [1.82, 2.24) is 0 Å². The summed E-state index contributed by atoms with van der Waals surface area (Å²) in [6.07, 6.45) is 0. The molecule has 0 N–H and O–H groups in total. The Balaban J connectivity index is 1.73. The number of hydrogen-bond donors (Lipinski definition) is 0. The molecular formula is C17H12BrFOS. The van der Waals surface area contributed by atoms with Crippen LogP contribution in [0.3, 0.4) is 0 Å². The first kappa shape index (κ1) is 13.4. The van der Waals surface area contributed by atoms with Gasteiger partial charge < -0.3 is 4.74 Å². The number of rotatable bonds is 2. The Bertz CT molecular complexity index is 827. The summed E-state index contributed by atoms with van der Waals surface area (Å²) in [4.78, 5) is 1.32. The zero-order chi connectivity index (χ0) is 14.4. The molecule has 0 spiro atoms. The molecule has 21 heavy (non-hydrogen) atoms. The van der Waals surface area contributed by atoms with Crippen LogP contribution in [0.2, 0.25) is 0 Å². The molecule has 0 aliphatic carbocycles. The fraction of sp³-hybridized carbons (Fsp3) is 0.176. The van der Waals surface area contributed by atoms with Crippen LogP contribution >= 0.6 is 27.3 Å². The quantitative estimate of drug-likeness (QED) is 0.542. The van der Waals surface area contributed by atoms with E-state index < -0.39 is 0 Å². The molecule has 1 aromatic heterocycles. The zero-order valence-corrected chi connectivity index (χ0v) is 13.5. The van der Waals surface area contributed by atoms with E-state index in [4.69, 9.17) is 4.74 Å². The monoisotopic (exact) mass is 362 g/mol. The van der Waals surface area contributed by atoms with Crippen LogP contribution in [-0.2, 0) is 18.0 Å². The molecule has 1 aliphatic rings. The van der Waals surface area contributed by atoms with Gasteiger partial charge in [0.05, 0.1) is 18.0 Å². The van der Waals surface area contributed by atoms with Crippen LogP contribution in [0.25, 0.3) is 10.1 Å². The number of alkyl halides is 1. The van der Waals surface area contributed by atoms with Crippen LogP contribution in [-0.4, -0.2) is 0 Å². The fourth-order valence-electron chi connectivity index (χ4n) is 2.66. The fourth-order valence-corrected chi connectivity index (χ4v) is 4.46. The highest BCUT2D eigenvalue weighted by Gasteiger charge is 2.17. The Labute approximate surface area is 134 Å². The van der Waals surface area contributed by atoms with Crippen molar-refractivity contribution in [1.29, 1.82) is 0 Å². The SMILES string of the molecule is Fc1ccc2cc(C(Br)c3ccc4c(c3)COC4)sc2c1. The lowest BCUT2D eigenvalue weighted by Gasteiger charge is -2.09. The second kappa shape index (κ2) is 5.20. The van der Waals surface area contributed by atoms with Crippen molar-refractivity contribution in [3.63, 3.8) is 0 Å². The number of halogens is 2. The number of thiophene rings is 1. The van der Waals surface area contributed by atoms with Crippen LogP contribution in [0.5, 0.6) is 0 Å².